The molecule has 0 radical (unpaired) electrons. The number of fused-ring (bicyclic) bond motifs is 1. The van der Waals surface area contributed by atoms with Crippen LogP contribution < -0.4 is 9.80 Å². The van der Waals surface area contributed by atoms with Gasteiger partial charge in [0.25, 0.3) is 5.69 Å². The fourth-order valence-corrected chi connectivity index (χ4v) is 5.55. The maximum atomic E-state index is 13.1. The van der Waals surface area contributed by atoms with Gasteiger partial charge in [0.15, 0.2) is 9.84 Å². The number of nitro benzene ring substituents is 1. The van der Waals surface area contributed by atoms with Gasteiger partial charge in [0.2, 0.25) is 0 Å². The first kappa shape index (κ1) is 16.5. The Bertz CT molecular complexity index is 975. The van der Waals surface area contributed by atoms with Crippen LogP contribution in [0.4, 0.5) is 21.9 Å². The summed E-state index contributed by atoms with van der Waals surface area (Å²) in [6.45, 7) is 0. The summed E-state index contributed by atoms with van der Waals surface area (Å²) in [5.41, 5.74) is 0.996. The van der Waals surface area contributed by atoms with Gasteiger partial charge in [0.05, 0.1) is 28.5 Å². The normalized spacial score (nSPS) is 23.9. The van der Waals surface area contributed by atoms with E-state index in [9.17, 15) is 23.3 Å². The summed E-state index contributed by atoms with van der Waals surface area (Å²) in [5, 5.41) is 10.8. The van der Waals surface area contributed by atoms with Crippen molar-refractivity contribution in [1.29, 1.82) is 0 Å². The van der Waals surface area contributed by atoms with Crippen molar-refractivity contribution in [2.45, 2.75) is 12.1 Å². The Morgan fingerprint density at radius 3 is 1.88 bits per heavy atom. The van der Waals surface area contributed by atoms with Gasteiger partial charge in [-0.25, -0.2) is 13.2 Å². The summed E-state index contributed by atoms with van der Waals surface area (Å²) in [7, 11) is -3.28. The number of anilines is 2. The SMILES string of the molecule is O=C1N(c2ccc([N+](=O)[O-])cc2)[C@@H]2CS(=O)(=O)C[C@@H]2N1c1ccccc1. The van der Waals surface area contributed by atoms with Crippen molar-refractivity contribution in [1.82, 2.24) is 0 Å². The monoisotopic (exact) mass is 373 g/mol. The molecule has 0 saturated carbocycles. The Morgan fingerprint density at radius 2 is 1.38 bits per heavy atom. The Kier molecular flexibility index (Phi) is 3.69. The number of amides is 2. The van der Waals surface area contributed by atoms with Crippen molar-refractivity contribution >= 4 is 32.9 Å². The minimum absolute atomic E-state index is 0.0871. The Balaban J connectivity index is 1.77. The molecule has 2 saturated heterocycles. The highest BCUT2D eigenvalue weighted by molar-refractivity contribution is 7.91. The summed E-state index contributed by atoms with van der Waals surface area (Å²) in [6, 6.07) is 13.2. The van der Waals surface area contributed by atoms with Gasteiger partial charge < -0.3 is 0 Å². The number of hydrogen-bond donors (Lipinski definition) is 0. The number of hydrogen-bond acceptors (Lipinski definition) is 5. The van der Waals surface area contributed by atoms with E-state index in [0.717, 1.165) is 0 Å². The molecule has 2 aliphatic rings. The molecule has 0 N–H and O–H groups in total. The average molecular weight is 373 g/mol. The van der Waals surface area contributed by atoms with Gasteiger partial charge in [0, 0.05) is 23.5 Å². The van der Waals surface area contributed by atoms with Gasteiger partial charge in [-0.15, -0.1) is 0 Å². The number of nitrogens with zero attached hydrogens (tertiary/aromatic N) is 3. The van der Waals surface area contributed by atoms with Crippen LogP contribution >= 0.6 is 0 Å². The van der Waals surface area contributed by atoms with Crippen LogP contribution in [0.3, 0.4) is 0 Å². The Hall–Kier alpha value is -2.94. The van der Waals surface area contributed by atoms with E-state index in [2.05, 4.69) is 0 Å². The first-order valence-electron chi connectivity index (χ1n) is 8.00. The molecule has 2 aromatic rings. The molecular formula is C17H15N3O5S. The highest BCUT2D eigenvalue weighted by Gasteiger charge is 2.54. The van der Waals surface area contributed by atoms with Crippen LogP contribution in [0.15, 0.2) is 54.6 Å². The quantitative estimate of drug-likeness (QED) is 0.466. The van der Waals surface area contributed by atoms with Gasteiger partial charge in [0.1, 0.15) is 0 Å². The zero-order chi connectivity index (χ0) is 18.5. The van der Waals surface area contributed by atoms with Gasteiger partial charge in [-0.05, 0) is 24.3 Å². The van der Waals surface area contributed by atoms with Crippen LogP contribution in [0.2, 0.25) is 0 Å². The molecule has 2 aromatic carbocycles. The summed E-state index contributed by atoms with van der Waals surface area (Å²) in [4.78, 5) is 26.3. The van der Waals surface area contributed by atoms with E-state index in [4.69, 9.17) is 0 Å². The number of non-ortho nitro benzene ring substituents is 1. The topological polar surface area (TPSA) is 101 Å². The molecule has 0 aliphatic carbocycles. The maximum Gasteiger partial charge on any atom is 0.329 e. The van der Waals surface area contributed by atoms with Crippen LogP contribution in [0, 0.1) is 10.1 Å². The van der Waals surface area contributed by atoms with Gasteiger partial charge in [-0.3, -0.25) is 19.9 Å². The first-order chi connectivity index (χ1) is 12.4. The second kappa shape index (κ2) is 5.80. The number of benzene rings is 2. The molecule has 4 rings (SSSR count). The van der Waals surface area contributed by atoms with Crippen molar-refractivity contribution in [3.8, 4) is 0 Å². The fourth-order valence-electron chi connectivity index (χ4n) is 3.63. The molecule has 9 heteroatoms. The number of para-hydroxylation sites is 1. The van der Waals surface area contributed by atoms with Crippen molar-refractivity contribution < 1.29 is 18.1 Å². The van der Waals surface area contributed by atoms with Gasteiger partial charge in [-0.1, -0.05) is 18.2 Å². The van der Waals surface area contributed by atoms with E-state index >= 15 is 0 Å². The number of nitro groups is 1. The predicted octanol–water partition coefficient (Wildman–Crippen LogP) is 2.21. The van der Waals surface area contributed by atoms with Crippen LogP contribution in [-0.4, -0.2) is 43.0 Å². The standard InChI is InChI=1S/C17H15N3O5S/c21-17-18(12-4-2-1-3-5-12)15-10-26(24,25)11-16(15)19(17)13-6-8-14(9-7-13)20(22)23/h1-9,15-16H,10-11H2/t15-,16+/m0/s1. The number of rotatable bonds is 3. The summed E-state index contributed by atoms with van der Waals surface area (Å²) < 4.78 is 24.4. The third-order valence-electron chi connectivity index (χ3n) is 4.74. The molecule has 2 fully saturated rings. The molecule has 2 heterocycles. The fraction of sp³-hybridized carbons (Fsp3) is 0.235. The largest absolute Gasteiger partial charge is 0.329 e. The zero-order valence-electron chi connectivity index (χ0n) is 13.6. The number of sulfone groups is 1. The zero-order valence-corrected chi connectivity index (χ0v) is 14.4. The lowest BCUT2D eigenvalue weighted by molar-refractivity contribution is -0.384. The molecule has 2 amide bonds. The maximum absolute atomic E-state index is 13.1. The highest BCUT2D eigenvalue weighted by atomic mass is 32.2. The molecule has 8 nitrogen and oxygen atoms in total. The smallest absolute Gasteiger partial charge is 0.288 e. The first-order valence-corrected chi connectivity index (χ1v) is 9.82. The van der Waals surface area contributed by atoms with E-state index in [0.29, 0.717) is 11.4 Å². The van der Waals surface area contributed by atoms with E-state index in [1.165, 1.54) is 34.1 Å². The molecule has 0 bridgehead atoms. The number of carbonyl (C=O) groups is 1. The summed E-state index contributed by atoms with van der Waals surface area (Å²) >= 11 is 0. The van der Waals surface area contributed by atoms with Crippen LogP contribution in [0.25, 0.3) is 0 Å². The lowest BCUT2D eigenvalue weighted by Gasteiger charge is -2.22. The van der Waals surface area contributed by atoms with Crippen LogP contribution in [-0.2, 0) is 9.84 Å². The number of carbonyl (C=O) groups excluding carboxylic acids is 1. The highest BCUT2D eigenvalue weighted by Crippen LogP contribution is 2.38. The number of urea groups is 1. The van der Waals surface area contributed by atoms with Crippen molar-refractivity contribution in [2.75, 3.05) is 21.3 Å². The van der Waals surface area contributed by atoms with E-state index < -0.39 is 26.8 Å². The lowest BCUT2D eigenvalue weighted by Crippen LogP contribution is -2.37. The molecule has 2 atom stereocenters. The minimum atomic E-state index is -3.28. The third-order valence-corrected chi connectivity index (χ3v) is 6.44. The minimum Gasteiger partial charge on any atom is -0.288 e. The molecule has 134 valence electrons. The molecule has 0 aromatic heterocycles. The van der Waals surface area contributed by atoms with Gasteiger partial charge in [-0.2, -0.15) is 0 Å². The van der Waals surface area contributed by atoms with E-state index in [-0.39, 0.29) is 23.2 Å². The molecule has 0 spiro atoms. The van der Waals surface area contributed by atoms with Crippen molar-refractivity contribution in [2.24, 2.45) is 0 Å². The van der Waals surface area contributed by atoms with E-state index in [1.807, 2.05) is 6.07 Å². The Morgan fingerprint density at radius 1 is 0.885 bits per heavy atom. The molecule has 26 heavy (non-hydrogen) atoms. The average Bonchev–Trinajstić information content (AvgIpc) is 3.04. The molecular weight excluding hydrogens is 358 g/mol. The molecule has 0 unspecified atom stereocenters. The van der Waals surface area contributed by atoms with Crippen LogP contribution in [0.5, 0.6) is 0 Å². The lowest BCUT2D eigenvalue weighted by atomic mass is 10.1. The second-order valence-corrected chi connectivity index (χ2v) is 8.50. The summed E-state index contributed by atoms with van der Waals surface area (Å²) in [5.74, 6) is -0.217. The van der Waals surface area contributed by atoms with Crippen molar-refractivity contribution in [3.63, 3.8) is 0 Å². The predicted molar refractivity (Wildman–Crippen MR) is 96.1 cm³/mol. The van der Waals surface area contributed by atoms with Crippen molar-refractivity contribution in [3.05, 3.63) is 64.7 Å². The molecule has 2 aliphatic heterocycles. The van der Waals surface area contributed by atoms with Gasteiger partial charge >= 0.3 is 6.03 Å². The van der Waals surface area contributed by atoms with E-state index in [1.54, 1.807) is 24.3 Å². The second-order valence-electron chi connectivity index (χ2n) is 6.34. The summed E-state index contributed by atoms with van der Waals surface area (Å²) in [6.07, 6.45) is 0. The third kappa shape index (κ3) is 2.60. The Labute approximate surface area is 149 Å². The van der Waals surface area contributed by atoms with Crippen LogP contribution in [0.1, 0.15) is 0 Å².